The van der Waals surface area contributed by atoms with Gasteiger partial charge in [0.2, 0.25) is 0 Å². The molecule has 1 aliphatic heterocycles. The van der Waals surface area contributed by atoms with Gasteiger partial charge in [-0.05, 0) is 47.0 Å². The van der Waals surface area contributed by atoms with Crippen LogP contribution in [-0.4, -0.2) is 34.9 Å². The lowest BCUT2D eigenvalue weighted by molar-refractivity contribution is -0.274. The summed E-state index contributed by atoms with van der Waals surface area (Å²) in [5.41, 5.74) is 2.07. The van der Waals surface area contributed by atoms with Crippen LogP contribution in [0.1, 0.15) is 16.1 Å². The summed E-state index contributed by atoms with van der Waals surface area (Å²) in [6.45, 7) is 0.181. The van der Waals surface area contributed by atoms with Gasteiger partial charge in [-0.15, -0.1) is 13.2 Å². The number of alkyl halides is 3. The van der Waals surface area contributed by atoms with E-state index in [1.165, 1.54) is 18.2 Å². The molecule has 178 valence electrons. The number of nitrogens with one attached hydrogen (secondary N) is 2. The van der Waals surface area contributed by atoms with Gasteiger partial charge < -0.3 is 19.8 Å². The van der Waals surface area contributed by atoms with Gasteiger partial charge >= 0.3 is 12.1 Å². The lowest BCUT2D eigenvalue weighted by Gasteiger charge is -2.12. The number of H-pyrrole nitrogens is 1. The highest BCUT2D eigenvalue weighted by atomic mass is 19.4. The van der Waals surface area contributed by atoms with Crippen LogP contribution in [0.25, 0.3) is 22.0 Å². The predicted octanol–water partition coefficient (Wildman–Crippen LogP) is 4.22. The van der Waals surface area contributed by atoms with Crippen LogP contribution in [0.3, 0.4) is 0 Å². The van der Waals surface area contributed by atoms with Crippen molar-refractivity contribution >= 4 is 16.8 Å². The van der Waals surface area contributed by atoms with Crippen molar-refractivity contribution in [1.29, 1.82) is 0 Å². The van der Waals surface area contributed by atoms with Gasteiger partial charge in [-0.25, -0.2) is 4.79 Å². The van der Waals surface area contributed by atoms with E-state index in [1.807, 2.05) is 6.07 Å². The molecule has 1 atom stereocenters. The Morgan fingerprint density at radius 3 is 2.71 bits per heavy atom. The van der Waals surface area contributed by atoms with Crippen molar-refractivity contribution in [2.75, 3.05) is 6.54 Å². The van der Waals surface area contributed by atoms with E-state index in [0.717, 1.165) is 5.56 Å². The number of benzene rings is 3. The molecule has 5 rings (SSSR count). The van der Waals surface area contributed by atoms with Crippen LogP contribution in [0.2, 0.25) is 0 Å². The number of fused-ring (bicyclic) bond motifs is 2. The fourth-order valence-corrected chi connectivity index (χ4v) is 4.05. The van der Waals surface area contributed by atoms with E-state index < -0.39 is 18.0 Å². The first-order chi connectivity index (χ1) is 16.7. The third-order valence-corrected chi connectivity index (χ3v) is 5.55. The molecular weight excluding hydrogens is 463 g/mol. The maximum atomic E-state index is 12.7. The Bertz CT molecular complexity index is 1480. The fraction of sp³-hybridized carbons (Fsp3) is 0.160. The molecule has 1 amide bonds. The van der Waals surface area contributed by atoms with E-state index >= 15 is 0 Å². The van der Waals surface area contributed by atoms with Crippen LogP contribution < -0.4 is 20.5 Å². The molecule has 0 aliphatic carbocycles. The largest absolute Gasteiger partial charge is 0.573 e. The van der Waals surface area contributed by atoms with Gasteiger partial charge in [0.25, 0.3) is 5.91 Å². The van der Waals surface area contributed by atoms with Crippen molar-refractivity contribution in [2.24, 2.45) is 0 Å². The molecule has 7 nitrogen and oxygen atoms in total. The van der Waals surface area contributed by atoms with Crippen molar-refractivity contribution in [3.8, 4) is 22.6 Å². The lowest BCUT2D eigenvalue weighted by Crippen LogP contribution is -2.35. The van der Waals surface area contributed by atoms with Crippen molar-refractivity contribution in [2.45, 2.75) is 18.9 Å². The Kier molecular flexibility index (Phi) is 5.64. The summed E-state index contributed by atoms with van der Waals surface area (Å²) >= 11 is 0. The molecule has 3 aromatic carbocycles. The summed E-state index contributed by atoms with van der Waals surface area (Å²) in [6, 6.07) is 18.0. The number of carbonyl (C=O) groups excluding carboxylic acids is 1. The average Bonchev–Trinajstić information content (AvgIpc) is 3.23. The zero-order valence-electron chi connectivity index (χ0n) is 18.1. The van der Waals surface area contributed by atoms with Crippen LogP contribution >= 0.6 is 0 Å². The Morgan fingerprint density at radius 2 is 1.89 bits per heavy atom. The quantitative estimate of drug-likeness (QED) is 0.445. The molecule has 0 saturated carbocycles. The minimum absolute atomic E-state index is 0.0307. The van der Waals surface area contributed by atoms with Gasteiger partial charge in [0.1, 0.15) is 23.3 Å². The maximum absolute atomic E-state index is 12.7. The summed E-state index contributed by atoms with van der Waals surface area (Å²) in [7, 11) is 0. The molecule has 35 heavy (non-hydrogen) atoms. The second kappa shape index (κ2) is 8.79. The van der Waals surface area contributed by atoms with Crippen LogP contribution in [0.4, 0.5) is 13.2 Å². The van der Waals surface area contributed by atoms with E-state index in [4.69, 9.17) is 4.74 Å². The molecule has 10 heteroatoms. The standard InChI is InChI=1S/C25H18F3N3O4/c26-25(27,28)35-17-5-3-4-14(11-17)15-8-9-21-16(10-15)12-18(34-21)13-29-23(32)22-19-6-1-2-7-20(19)30-24(33)31-22/h1-11,18H,12-13H2,(H,29,32)(H,30,31,33). The number of halogens is 3. The molecule has 4 aromatic rings. The van der Waals surface area contributed by atoms with Crippen LogP contribution in [0.15, 0.2) is 71.5 Å². The number of aromatic nitrogens is 2. The SMILES string of the molecule is O=C(NCC1Cc2cc(-c3cccc(OC(F)(F)F)c3)ccc2O1)c1nc(=O)[nH]c2ccccc12. The average molecular weight is 481 g/mol. The van der Waals surface area contributed by atoms with Gasteiger partial charge in [-0.1, -0.05) is 36.4 Å². The number of rotatable bonds is 5. The summed E-state index contributed by atoms with van der Waals surface area (Å²) in [5, 5.41) is 3.30. The number of hydrogen-bond donors (Lipinski definition) is 2. The molecular formula is C25H18F3N3O4. The van der Waals surface area contributed by atoms with Crippen molar-refractivity contribution in [1.82, 2.24) is 15.3 Å². The highest BCUT2D eigenvalue weighted by Gasteiger charge is 2.31. The Labute approximate surface area is 196 Å². The third-order valence-electron chi connectivity index (χ3n) is 5.55. The molecule has 2 N–H and O–H groups in total. The molecule has 0 bridgehead atoms. The van der Waals surface area contributed by atoms with E-state index in [2.05, 4.69) is 20.0 Å². The highest BCUT2D eigenvalue weighted by Crippen LogP contribution is 2.34. The molecule has 0 radical (unpaired) electrons. The van der Waals surface area contributed by atoms with Crippen LogP contribution in [-0.2, 0) is 6.42 Å². The second-order valence-corrected chi connectivity index (χ2v) is 7.99. The van der Waals surface area contributed by atoms with Crippen LogP contribution in [0.5, 0.6) is 11.5 Å². The van der Waals surface area contributed by atoms with Crippen molar-refractivity contribution < 1.29 is 27.4 Å². The molecule has 2 heterocycles. The first-order valence-electron chi connectivity index (χ1n) is 10.7. The summed E-state index contributed by atoms with van der Waals surface area (Å²) < 4.78 is 47.5. The number of nitrogens with zero attached hydrogens (tertiary/aromatic N) is 1. The molecule has 1 aromatic heterocycles. The van der Waals surface area contributed by atoms with Gasteiger partial charge in [-0.2, -0.15) is 4.98 Å². The van der Waals surface area contributed by atoms with E-state index in [9.17, 15) is 22.8 Å². The third kappa shape index (κ3) is 4.96. The molecule has 0 fully saturated rings. The van der Waals surface area contributed by atoms with E-state index in [0.29, 0.717) is 34.2 Å². The number of amides is 1. The second-order valence-electron chi connectivity index (χ2n) is 7.99. The Morgan fingerprint density at radius 1 is 1.09 bits per heavy atom. The number of aromatic amines is 1. The Hall–Kier alpha value is -4.34. The minimum Gasteiger partial charge on any atom is -0.488 e. The highest BCUT2D eigenvalue weighted by molar-refractivity contribution is 6.04. The smallest absolute Gasteiger partial charge is 0.488 e. The van der Waals surface area contributed by atoms with Crippen molar-refractivity contribution in [3.05, 3.63) is 88.5 Å². The predicted molar refractivity (Wildman–Crippen MR) is 121 cm³/mol. The first-order valence-corrected chi connectivity index (χ1v) is 10.7. The number of carbonyl (C=O) groups is 1. The molecule has 0 saturated heterocycles. The topological polar surface area (TPSA) is 93.3 Å². The maximum Gasteiger partial charge on any atom is 0.573 e. The van der Waals surface area contributed by atoms with Gasteiger partial charge in [0.05, 0.1) is 12.1 Å². The number of hydrogen-bond acceptors (Lipinski definition) is 5. The van der Waals surface area contributed by atoms with Gasteiger partial charge in [0.15, 0.2) is 0 Å². The van der Waals surface area contributed by atoms with Crippen LogP contribution in [0, 0.1) is 0 Å². The molecule has 1 unspecified atom stereocenters. The monoisotopic (exact) mass is 481 g/mol. The summed E-state index contributed by atoms with van der Waals surface area (Å²) in [4.78, 5) is 31.0. The lowest BCUT2D eigenvalue weighted by atomic mass is 10.0. The fourth-order valence-electron chi connectivity index (χ4n) is 4.05. The van der Waals surface area contributed by atoms with Gasteiger partial charge in [-0.3, -0.25) is 4.79 Å². The van der Waals surface area contributed by atoms with E-state index in [-0.39, 0.29) is 24.1 Å². The van der Waals surface area contributed by atoms with Gasteiger partial charge in [0, 0.05) is 11.8 Å². The normalized spacial score (nSPS) is 14.9. The Balaban J connectivity index is 1.27. The minimum atomic E-state index is -4.77. The summed E-state index contributed by atoms with van der Waals surface area (Å²) in [5.74, 6) is -0.155. The van der Waals surface area contributed by atoms with E-state index in [1.54, 1.807) is 42.5 Å². The summed E-state index contributed by atoms with van der Waals surface area (Å²) in [6.07, 6.45) is -4.62. The number of ether oxygens (including phenoxy) is 2. The van der Waals surface area contributed by atoms with Crippen molar-refractivity contribution in [3.63, 3.8) is 0 Å². The zero-order chi connectivity index (χ0) is 24.6. The zero-order valence-corrected chi connectivity index (χ0v) is 18.1. The molecule has 0 spiro atoms. The molecule has 1 aliphatic rings. The first kappa shape index (κ1) is 22.5. The number of para-hydroxylation sites is 1.